The molecule has 0 aliphatic carbocycles. The molecule has 0 aromatic heterocycles. The monoisotopic (exact) mass is 417 g/mol. The van der Waals surface area contributed by atoms with E-state index in [1.807, 2.05) is 12.1 Å². The van der Waals surface area contributed by atoms with Crippen LogP contribution in [0.1, 0.15) is 13.8 Å². The van der Waals surface area contributed by atoms with Crippen molar-refractivity contribution in [3.63, 3.8) is 0 Å². The maximum atomic E-state index is 12.8. The molecular weight excluding hydrogens is 397 g/mol. The molecule has 152 valence electrons. The Hall–Kier alpha value is -3.48. The van der Waals surface area contributed by atoms with E-state index in [9.17, 15) is 14.2 Å². The summed E-state index contributed by atoms with van der Waals surface area (Å²) >= 11 is 0. The average molecular weight is 417 g/mol. The highest BCUT2D eigenvalue weighted by molar-refractivity contribution is 7.77. The summed E-state index contributed by atoms with van der Waals surface area (Å²) in [6.07, 6.45) is -1.80. The molecule has 0 saturated heterocycles. The van der Waals surface area contributed by atoms with Gasteiger partial charge in [-0.2, -0.15) is 0 Å². The quantitative estimate of drug-likeness (QED) is 0.292. The van der Waals surface area contributed by atoms with Gasteiger partial charge in [0.05, 0.1) is 13.2 Å². The molecule has 0 spiro atoms. The molecule has 0 unspecified atom stereocenters. The third kappa shape index (κ3) is 7.96. The van der Waals surface area contributed by atoms with Crippen molar-refractivity contribution in [2.45, 2.75) is 13.8 Å². The minimum Gasteiger partial charge on any atom is -0.447 e. The molecular formula is C18H20N5O5P. The molecule has 2 rings (SSSR count). The Bertz CT molecular complexity index is 851. The number of rotatable bonds is 5. The standard InChI is InChI=1S/C12H10N3OP.C6H10N2O4/c13-14-15-17(16,11-7-3-1-4-8-11)12-9-5-2-6-10-12;1-3-11-5(9)7-8-6(10)12-4-2/h1-10H;3-4H2,1-2H3. The topological polar surface area (TPSA) is 143 Å². The van der Waals surface area contributed by atoms with Gasteiger partial charge < -0.3 is 14.0 Å². The SMILES string of the molecule is CCOC(=O)N=NC(=O)OCC.[N-]=[N+]=NP(=O)(c1ccccc1)c1ccccc1. The van der Waals surface area contributed by atoms with E-state index in [0.29, 0.717) is 10.6 Å². The van der Waals surface area contributed by atoms with Crippen molar-refractivity contribution >= 4 is 30.1 Å². The van der Waals surface area contributed by atoms with Crippen molar-refractivity contribution in [3.8, 4) is 0 Å². The minimum absolute atomic E-state index is 0.195. The van der Waals surface area contributed by atoms with Crippen molar-refractivity contribution in [2.75, 3.05) is 13.2 Å². The fourth-order valence-corrected chi connectivity index (χ4v) is 3.72. The predicted octanol–water partition coefficient (Wildman–Crippen LogP) is 4.98. The van der Waals surface area contributed by atoms with Gasteiger partial charge in [-0.05, 0) is 24.3 Å². The second-order valence-electron chi connectivity index (χ2n) is 5.02. The zero-order valence-corrected chi connectivity index (χ0v) is 16.8. The molecule has 2 aromatic rings. The Morgan fingerprint density at radius 2 is 1.24 bits per heavy atom. The van der Waals surface area contributed by atoms with Crippen molar-refractivity contribution in [1.82, 2.24) is 0 Å². The maximum absolute atomic E-state index is 12.8. The Balaban J connectivity index is 0.000000311. The van der Waals surface area contributed by atoms with Crippen LogP contribution in [0.4, 0.5) is 9.59 Å². The van der Waals surface area contributed by atoms with Crippen LogP contribution in [0, 0.1) is 0 Å². The van der Waals surface area contributed by atoms with Gasteiger partial charge in [-0.3, -0.25) is 0 Å². The van der Waals surface area contributed by atoms with Gasteiger partial charge in [0.15, 0.2) is 0 Å². The smallest absolute Gasteiger partial charge is 0.447 e. The van der Waals surface area contributed by atoms with Crippen molar-refractivity contribution in [3.05, 3.63) is 71.1 Å². The van der Waals surface area contributed by atoms with E-state index >= 15 is 0 Å². The number of carbonyl (C=O) groups excluding carboxylic acids is 2. The first-order chi connectivity index (χ1) is 14.0. The summed E-state index contributed by atoms with van der Waals surface area (Å²) in [5, 5.41) is 6.93. The first-order valence-electron chi connectivity index (χ1n) is 8.51. The third-order valence-electron chi connectivity index (χ3n) is 3.13. The predicted molar refractivity (Wildman–Crippen MR) is 108 cm³/mol. The zero-order chi connectivity index (χ0) is 21.5. The lowest BCUT2D eigenvalue weighted by molar-refractivity contribution is 0.152. The second-order valence-corrected chi connectivity index (χ2v) is 7.39. The van der Waals surface area contributed by atoms with Gasteiger partial charge in [-0.25, -0.2) is 9.59 Å². The maximum Gasteiger partial charge on any atom is 0.452 e. The number of amides is 2. The fraction of sp³-hybridized carbons (Fsp3) is 0.222. The van der Waals surface area contributed by atoms with E-state index < -0.39 is 19.5 Å². The molecule has 0 atom stereocenters. The van der Waals surface area contributed by atoms with Gasteiger partial charge in [0.25, 0.3) is 0 Å². The largest absolute Gasteiger partial charge is 0.452 e. The number of benzene rings is 2. The number of azide groups is 1. The second kappa shape index (κ2) is 12.8. The fourth-order valence-electron chi connectivity index (χ4n) is 1.96. The van der Waals surface area contributed by atoms with Crippen molar-refractivity contribution in [1.29, 1.82) is 0 Å². The average Bonchev–Trinajstić information content (AvgIpc) is 2.74. The summed E-state index contributed by atoms with van der Waals surface area (Å²) in [6, 6.07) is 17.6. The van der Waals surface area contributed by atoms with Gasteiger partial charge >= 0.3 is 12.2 Å². The molecule has 0 aliphatic rings. The number of nitrogens with zero attached hydrogens (tertiary/aromatic N) is 5. The van der Waals surface area contributed by atoms with E-state index in [4.69, 9.17) is 5.53 Å². The molecule has 0 aliphatic heterocycles. The lowest BCUT2D eigenvalue weighted by Gasteiger charge is -2.12. The Kier molecular flexibility index (Phi) is 10.4. The molecule has 2 aromatic carbocycles. The zero-order valence-electron chi connectivity index (χ0n) is 15.9. The number of hydrogen-bond acceptors (Lipinski definition) is 5. The summed E-state index contributed by atoms with van der Waals surface area (Å²) in [5.74, 6) is 0. The van der Waals surface area contributed by atoms with Crippen LogP contribution in [0.15, 0.2) is 75.8 Å². The molecule has 0 saturated carbocycles. The third-order valence-corrected chi connectivity index (χ3v) is 5.46. The summed E-state index contributed by atoms with van der Waals surface area (Å²) in [7, 11) is -3.22. The molecule has 0 bridgehead atoms. The van der Waals surface area contributed by atoms with Crippen LogP contribution in [-0.4, -0.2) is 25.4 Å². The van der Waals surface area contributed by atoms with Gasteiger partial charge in [0, 0.05) is 15.5 Å². The molecule has 0 N–H and O–H groups in total. The molecule has 0 heterocycles. The molecule has 11 heteroatoms. The Morgan fingerprint density at radius 1 is 0.862 bits per heavy atom. The highest BCUT2D eigenvalue weighted by Crippen LogP contribution is 2.44. The highest BCUT2D eigenvalue weighted by atomic mass is 31.2. The molecule has 10 nitrogen and oxygen atoms in total. The van der Waals surface area contributed by atoms with Crippen LogP contribution >= 0.6 is 7.29 Å². The summed E-state index contributed by atoms with van der Waals surface area (Å²) in [5.41, 5.74) is 8.61. The van der Waals surface area contributed by atoms with E-state index in [2.05, 4.69) is 29.5 Å². The van der Waals surface area contributed by atoms with Crippen LogP contribution in [-0.2, 0) is 14.0 Å². The highest BCUT2D eigenvalue weighted by Gasteiger charge is 2.25. The molecule has 0 fully saturated rings. The van der Waals surface area contributed by atoms with Crippen LogP contribution in [0.25, 0.3) is 10.4 Å². The van der Waals surface area contributed by atoms with E-state index in [0.717, 1.165) is 0 Å². The normalized spacial score (nSPS) is 10.3. The van der Waals surface area contributed by atoms with E-state index in [-0.39, 0.29) is 13.2 Å². The lowest BCUT2D eigenvalue weighted by Crippen LogP contribution is -2.13. The van der Waals surface area contributed by atoms with Gasteiger partial charge in [-0.15, -0.1) is 0 Å². The molecule has 2 amide bonds. The van der Waals surface area contributed by atoms with Crippen LogP contribution in [0.5, 0.6) is 0 Å². The number of azo groups is 1. The van der Waals surface area contributed by atoms with Gasteiger partial charge in [0.2, 0.25) is 7.29 Å². The minimum atomic E-state index is -3.22. The summed E-state index contributed by atoms with van der Waals surface area (Å²) in [4.78, 5) is 27.2. The summed E-state index contributed by atoms with van der Waals surface area (Å²) in [6.45, 7) is 3.64. The number of hydrogen-bond donors (Lipinski definition) is 0. The van der Waals surface area contributed by atoms with Crippen LogP contribution in [0.2, 0.25) is 0 Å². The van der Waals surface area contributed by atoms with E-state index in [1.165, 1.54) is 0 Å². The summed E-state index contributed by atoms with van der Waals surface area (Å²) < 4.78 is 21.5. The van der Waals surface area contributed by atoms with Crippen LogP contribution < -0.4 is 10.6 Å². The number of carbonyl (C=O) groups is 2. The van der Waals surface area contributed by atoms with Gasteiger partial charge in [-0.1, -0.05) is 70.9 Å². The van der Waals surface area contributed by atoms with E-state index in [1.54, 1.807) is 62.4 Å². The van der Waals surface area contributed by atoms with Gasteiger partial charge in [0.1, 0.15) is 0 Å². The van der Waals surface area contributed by atoms with Crippen molar-refractivity contribution in [2.24, 2.45) is 15.1 Å². The Labute approximate surface area is 167 Å². The lowest BCUT2D eigenvalue weighted by atomic mass is 10.4. The number of ether oxygens (including phenoxy) is 2. The Morgan fingerprint density at radius 3 is 1.55 bits per heavy atom. The molecule has 0 radical (unpaired) electrons. The van der Waals surface area contributed by atoms with Crippen molar-refractivity contribution < 1.29 is 23.6 Å². The van der Waals surface area contributed by atoms with Crippen LogP contribution in [0.3, 0.4) is 0 Å². The molecule has 29 heavy (non-hydrogen) atoms. The first-order valence-corrected chi connectivity index (χ1v) is 10.2. The first kappa shape index (κ1) is 23.6.